The van der Waals surface area contributed by atoms with Crippen molar-refractivity contribution in [2.45, 2.75) is 57.5 Å². The molecule has 2 aromatic rings. The Morgan fingerprint density at radius 3 is 2.52 bits per heavy atom. The predicted octanol–water partition coefficient (Wildman–Crippen LogP) is 5.16. The number of aryl methyl sites for hydroxylation is 2. The van der Waals surface area contributed by atoms with Gasteiger partial charge in [0.05, 0.1) is 19.8 Å². The third-order valence-electron chi connectivity index (χ3n) is 6.46. The molecule has 0 saturated heterocycles. The van der Waals surface area contributed by atoms with Crippen molar-refractivity contribution in [2.75, 3.05) is 27.3 Å². The molecule has 0 aromatic heterocycles. The monoisotopic (exact) mass is 447 g/mol. The number of nitrogens with one attached hydrogen (secondary N) is 1. The molecule has 0 saturated carbocycles. The highest BCUT2D eigenvalue weighted by molar-refractivity contribution is 5.85. The second-order valence-corrected chi connectivity index (χ2v) is 8.82. The van der Waals surface area contributed by atoms with Crippen LogP contribution in [0.15, 0.2) is 42.5 Å². The molecule has 2 aromatic carbocycles. The number of rotatable bonds is 10. The number of hydrogen-bond donors (Lipinski definition) is 2. The predicted molar refractivity (Wildman–Crippen MR) is 130 cm³/mol. The summed E-state index contributed by atoms with van der Waals surface area (Å²) in [4.78, 5) is 0. The molecule has 2 unspecified atom stereocenters. The molecule has 2 atom stereocenters. The molecule has 31 heavy (non-hydrogen) atoms. The number of hydrogen-bond acceptors (Lipinski definition) is 4. The Kier molecular flexibility index (Phi) is 9.67. The van der Waals surface area contributed by atoms with Crippen molar-refractivity contribution < 1.29 is 14.6 Å². The first-order valence-corrected chi connectivity index (χ1v) is 11.2. The van der Waals surface area contributed by atoms with E-state index in [2.05, 4.69) is 49.5 Å². The summed E-state index contributed by atoms with van der Waals surface area (Å²) in [5.74, 6) is 2.17. The molecule has 172 valence electrons. The SMILES string of the molecule is COc1ccc(CCCNCCC2(O)CCc3ccccc3C2C(C)C)cc1OC.Cl. The fourth-order valence-electron chi connectivity index (χ4n) is 5.00. The van der Waals surface area contributed by atoms with Gasteiger partial charge in [-0.25, -0.2) is 0 Å². The molecule has 3 rings (SSSR count). The van der Waals surface area contributed by atoms with Gasteiger partial charge in [-0.05, 0) is 79.9 Å². The van der Waals surface area contributed by atoms with Crippen molar-refractivity contribution in [3.05, 3.63) is 59.2 Å². The summed E-state index contributed by atoms with van der Waals surface area (Å²) in [6, 6.07) is 14.7. The lowest BCUT2D eigenvalue weighted by Gasteiger charge is -2.43. The van der Waals surface area contributed by atoms with Gasteiger partial charge in [-0.15, -0.1) is 12.4 Å². The highest BCUT2D eigenvalue weighted by Gasteiger charge is 2.42. The second kappa shape index (κ2) is 11.8. The van der Waals surface area contributed by atoms with Crippen LogP contribution in [0.3, 0.4) is 0 Å². The summed E-state index contributed by atoms with van der Waals surface area (Å²) in [6.07, 6.45) is 4.64. The Morgan fingerprint density at radius 2 is 1.81 bits per heavy atom. The topological polar surface area (TPSA) is 50.7 Å². The third-order valence-corrected chi connectivity index (χ3v) is 6.46. The summed E-state index contributed by atoms with van der Waals surface area (Å²) < 4.78 is 10.7. The van der Waals surface area contributed by atoms with Crippen molar-refractivity contribution >= 4 is 12.4 Å². The van der Waals surface area contributed by atoms with Crippen LogP contribution in [-0.2, 0) is 12.8 Å². The fraction of sp³-hybridized carbons (Fsp3) is 0.538. The molecule has 5 heteroatoms. The molecule has 0 fully saturated rings. The molecule has 0 heterocycles. The van der Waals surface area contributed by atoms with E-state index in [1.54, 1.807) is 14.2 Å². The molecule has 4 nitrogen and oxygen atoms in total. The van der Waals surface area contributed by atoms with E-state index in [1.165, 1.54) is 16.7 Å². The summed E-state index contributed by atoms with van der Waals surface area (Å²) in [7, 11) is 3.33. The minimum absolute atomic E-state index is 0. The van der Waals surface area contributed by atoms with Crippen LogP contribution in [0.1, 0.15) is 55.7 Å². The normalized spacial score (nSPS) is 20.1. The molecule has 1 aliphatic carbocycles. The molecule has 2 N–H and O–H groups in total. The maximum Gasteiger partial charge on any atom is 0.160 e. The quantitative estimate of drug-likeness (QED) is 0.494. The Labute approximate surface area is 193 Å². The van der Waals surface area contributed by atoms with Gasteiger partial charge in [0.2, 0.25) is 0 Å². The molecule has 0 aliphatic heterocycles. The van der Waals surface area contributed by atoms with E-state index >= 15 is 0 Å². The number of benzene rings is 2. The standard InChI is InChI=1S/C26H37NO3.ClH/c1-19(2)25-22-10-6-5-9-21(22)13-14-26(25,28)15-17-27-16-7-8-20-11-12-23(29-3)24(18-20)30-4;/h5-6,9-12,18-19,25,27-28H,7-8,13-17H2,1-4H3;1H. The summed E-state index contributed by atoms with van der Waals surface area (Å²) >= 11 is 0. The molecule has 1 aliphatic rings. The minimum Gasteiger partial charge on any atom is -0.493 e. The van der Waals surface area contributed by atoms with Crippen LogP contribution < -0.4 is 14.8 Å². The second-order valence-electron chi connectivity index (χ2n) is 8.82. The van der Waals surface area contributed by atoms with Crippen molar-refractivity contribution in [2.24, 2.45) is 5.92 Å². The van der Waals surface area contributed by atoms with Gasteiger partial charge in [-0.3, -0.25) is 0 Å². The minimum atomic E-state index is -0.626. The fourth-order valence-corrected chi connectivity index (χ4v) is 5.00. The lowest BCUT2D eigenvalue weighted by molar-refractivity contribution is -0.0240. The van der Waals surface area contributed by atoms with Gasteiger partial charge in [0.15, 0.2) is 11.5 Å². The van der Waals surface area contributed by atoms with Crippen LogP contribution in [-0.4, -0.2) is 38.0 Å². The summed E-state index contributed by atoms with van der Waals surface area (Å²) in [6.45, 7) is 6.24. The van der Waals surface area contributed by atoms with Crippen molar-refractivity contribution in [1.29, 1.82) is 0 Å². The Morgan fingerprint density at radius 1 is 1.06 bits per heavy atom. The van der Waals surface area contributed by atoms with Crippen LogP contribution in [0.5, 0.6) is 11.5 Å². The first-order valence-electron chi connectivity index (χ1n) is 11.2. The molecule has 0 spiro atoms. The summed E-state index contributed by atoms with van der Waals surface area (Å²) in [5.41, 5.74) is 3.37. The van der Waals surface area contributed by atoms with Crippen LogP contribution in [0.25, 0.3) is 0 Å². The van der Waals surface area contributed by atoms with Crippen molar-refractivity contribution in [3.63, 3.8) is 0 Å². The maximum absolute atomic E-state index is 11.5. The molecule has 0 bridgehead atoms. The van der Waals surface area contributed by atoms with Gasteiger partial charge in [0, 0.05) is 5.92 Å². The zero-order chi connectivity index (χ0) is 21.6. The first kappa shape index (κ1) is 25.5. The van der Waals surface area contributed by atoms with E-state index in [1.807, 2.05) is 12.1 Å². The van der Waals surface area contributed by atoms with Crippen molar-refractivity contribution in [3.8, 4) is 11.5 Å². The highest BCUT2D eigenvalue weighted by Crippen LogP contribution is 2.45. The van der Waals surface area contributed by atoms with Crippen LogP contribution in [0.4, 0.5) is 0 Å². The third kappa shape index (κ3) is 6.15. The lowest BCUT2D eigenvalue weighted by atomic mass is 9.66. The molecular formula is C26H38ClNO3. The summed E-state index contributed by atoms with van der Waals surface area (Å²) in [5, 5.41) is 15.1. The van der Waals surface area contributed by atoms with E-state index < -0.39 is 5.60 Å². The lowest BCUT2D eigenvalue weighted by Crippen LogP contribution is -2.44. The van der Waals surface area contributed by atoms with Crippen LogP contribution >= 0.6 is 12.4 Å². The van der Waals surface area contributed by atoms with Gasteiger partial charge in [0.1, 0.15) is 0 Å². The van der Waals surface area contributed by atoms with Gasteiger partial charge in [0.25, 0.3) is 0 Å². The van der Waals surface area contributed by atoms with E-state index in [-0.39, 0.29) is 18.3 Å². The van der Waals surface area contributed by atoms with Gasteiger partial charge >= 0.3 is 0 Å². The average Bonchev–Trinajstić information content (AvgIpc) is 2.75. The average molecular weight is 448 g/mol. The molecule has 0 radical (unpaired) electrons. The number of aliphatic hydroxyl groups is 1. The Balaban J connectivity index is 0.00000341. The van der Waals surface area contributed by atoms with E-state index in [9.17, 15) is 5.11 Å². The van der Waals surface area contributed by atoms with E-state index in [0.717, 1.165) is 56.7 Å². The smallest absolute Gasteiger partial charge is 0.160 e. The zero-order valence-electron chi connectivity index (χ0n) is 19.3. The Bertz CT molecular complexity index is 826. The number of fused-ring (bicyclic) bond motifs is 1. The number of ether oxygens (including phenoxy) is 2. The van der Waals surface area contributed by atoms with Gasteiger partial charge in [-0.1, -0.05) is 44.2 Å². The molecule has 0 amide bonds. The van der Waals surface area contributed by atoms with E-state index in [0.29, 0.717) is 5.92 Å². The largest absolute Gasteiger partial charge is 0.493 e. The van der Waals surface area contributed by atoms with E-state index in [4.69, 9.17) is 9.47 Å². The van der Waals surface area contributed by atoms with Crippen molar-refractivity contribution in [1.82, 2.24) is 5.32 Å². The van der Waals surface area contributed by atoms with Gasteiger partial charge in [-0.2, -0.15) is 0 Å². The Hall–Kier alpha value is -1.75. The zero-order valence-corrected chi connectivity index (χ0v) is 20.1. The maximum atomic E-state index is 11.5. The van der Waals surface area contributed by atoms with Crippen LogP contribution in [0, 0.1) is 5.92 Å². The number of halogens is 1. The number of methoxy groups -OCH3 is 2. The molecular weight excluding hydrogens is 410 g/mol. The van der Waals surface area contributed by atoms with Crippen LogP contribution in [0.2, 0.25) is 0 Å². The first-order chi connectivity index (χ1) is 14.5. The van der Waals surface area contributed by atoms with Gasteiger partial charge < -0.3 is 19.9 Å². The highest BCUT2D eigenvalue weighted by atomic mass is 35.5.